The number of carbonyl (C=O) groups is 2. The number of aliphatic carboxylic acids is 1. The summed E-state index contributed by atoms with van der Waals surface area (Å²) in [5, 5.41) is 8.16. The molecule has 0 aliphatic carbocycles. The molecule has 4 nitrogen and oxygen atoms in total. The zero-order chi connectivity index (χ0) is 22.9. The van der Waals surface area contributed by atoms with Crippen LogP contribution in [0.3, 0.4) is 0 Å². The third-order valence-corrected chi connectivity index (χ3v) is 3.89. The Bertz CT molecular complexity index is 561. The van der Waals surface area contributed by atoms with Crippen LogP contribution in [0, 0.1) is 5.92 Å². The van der Waals surface area contributed by atoms with Gasteiger partial charge in [-0.3, -0.25) is 9.59 Å². The smallest absolute Gasteiger partial charge is 0.303 e. The second-order valence-corrected chi connectivity index (χ2v) is 7.39. The average molecular weight is 420 g/mol. The number of allylic oxidation sites excluding steroid dienone is 10. The standard InChI is InChI=1S/C20H31NO.C6H12O2.H2/c1-2-3-4-5-6-7-8-9-10-11-12-13-14-15-16-17-18-19-20(21)22;1-5(2)3-4-6(7)8;/h3-4,6-7,9-10,12-13,15-16H,2,5,8,11,14,17-19H2,1H3,(H2,21,22);5H,3-4H2,1-2H3,(H,7,8);1H/b4-3-,7-6-,10-9-,13-12-,16-15-;;. The second kappa shape index (κ2) is 24.7. The van der Waals surface area contributed by atoms with Crippen LogP contribution in [-0.2, 0) is 9.59 Å². The topological polar surface area (TPSA) is 80.4 Å². The van der Waals surface area contributed by atoms with E-state index in [-0.39, 0.29) is 7.33 Å². The van der Waals surface area contributed by atoms with E-state index in [2.05, 4.69) is 67.7 Å². The Morgan fingerprint density at radius 1 is 0.800 bits per heavy atom. The van der Waals surface area contributed by atoms with Crippen LogP contribution in [0.15, 0.2) is 60.8 Å². The molecule has 0 fully saturated rings. The summed E-state index contributed by atoms with van der Waals surface area (Å²) >= 11 is 0. The summed E-state index contributed by atoms with van der Waals surface area (Å²) in [6, 6.07) is 0. The molecular weight excluding hydrogens is 374 g/mol. The zero-order valence-electron chi connectivity index (χ0n) is 19.3. The van der Waals surface area contributed by atoms with Crippen molar-refractivity contribution >= 4 is 11.9 Å². The average Bonchev–Trinajstić information content (AvgIpc) is 2.69. The van der Waals surface area contributed by atoms with Crippen LogP contribution < -0.4 is 5.73 Å². The van der Waals surface area contributed by atoms with Gasteiger partial charge in [-0.05, 0) is 57.3 Å². The maximum absolute atomic E-state index is 10.5. The van der Waals surface area contributed by atoms with Crippen molar-refractivity contribution in [2.45, 2.75) is 85.0 Å². The van der Waals surface area contributed by atoms with Gasteiger partial charge in [-0.1, -0.05) is 81.5 Å². The summed E-state index contributed by atoms with van der Waals surface area (Å²) in [6.45, 7) is 6.18. The maximum Gasteiger partial charge on any atom is 0.303 e. The van der Waals surface area contributed by atoms with Gasteiger partial charge in [0.05, 0.1) is 0 Å². The molecule has 4 heteroatoms. The van der Waals surface area contributed by atoms with Crippen molar-refractivity contribution in [3.63, 3.8) is 0 Å². The molecular formula is C26H45NO3. The first kappa shape index (κ1) is 29.8. The highest BCUT2D eigenvalue weighted by atomic mass is 16.4. The Morgan fingerprint density at radius 2 is 1.23 bits per heavy atom. The Morgan fingerprint density at radius 3 is 1.57 bits per heavy atom. The second-order valence-electron chi connectivity index (χ2n) is 7.39. The number of unbranched alkanes of at least 4 members (excludes halogenated alkanes) is 1. The monoisotopic (exact) mass is 419 g/mol. The summed E-state index contributed by atoms with van der Waals surface area (Å²) in [7, 11) is 0. The summed E-state index contributed by atoms with van der Waals surface area (Å²) in [5.74, 6) is -0.405. The molecule has 0 saturated heterocycles. The number of carbonyl (C=O) groups excluding carboxylic acids is 1. The van der Waals surface area contributed by atoms with Gasteiger partial charge in [0.2, 0.25) is 5.91 Å². The molecule has 0 bridgehead atoms. The van der Waals surface area contributed by atoms with Gasteiger partial charge in [-0.2, -0.15) is 0 Å². The summed E-state index contributed by atoms with van der Waals surface area (Å²) in [4.78, 5) is 20.4. The van der Waals surface area contributed by atoms with Crippen molar-refractivity contribution in [3.05, 3.63) is 60.8 Å². The van der Waals surface area contributed by atoms with Crippen LogP contribution in [0.5, 0.6) is 0 Å². The molecule has 172 valence electrons. The molecule has 0 aromatic heterocycles. The Kier molecular flexibility index (Phi) is 24.5. The quantitative estimate of drug-likeness (QED) is 0.206. The minimum atomic E-state index is -0.696. The predicted octanol–water partition coefficient (Wildman–Crippen LogP) is 7.15. The van der Waals surface area contributed by atoms with Crippen LogP contribution in [0.2, 0.25) is 0 Å². The van der Waals surface area contributed by atoms with E-state index in [1.807, 2.05) is 13.8 Å². The Balaban J connectivity index is -0.000000739. The van der Waals surface area contributed by atoms with Gasteiger partial charge in [0.15, 0.2) is 0 Å². The Hall–Kier alpha value is -2.36. The molecule has 0 aromatic carbocycles. The van der Waals surface area contributed by atoms with Crippen molar-refractivity contribution in [1.82, 2.24) is 0 Å². The van der Waals surface area contributed by atoms with E-state index in [0.717, 1.165) is 51.4 Å². The number of carboxylic acids is 1. The van der Waals surface area contributed by atoms with E-state index in [1.165, 1.54) is 0 Å². The summed E-state index contributed by atoms with van der Waals surface area (Å²) < 4.78 is 0. The first-order valence-corrected chi connectivity index (χ1v) is 11.1. The highest BCUT2D eigenvalue weighted by molar-refractivity contribution is 5.73. The molecule has 0 atom stereocenters. The molecule has 0 heterocycles. The first-order chi connectivity index (χ1) is 14.4. The zero-order valence-corrected chi connectivity index (χ0v) is 19.3. The fourth-order valence-electron chi connectivity index (χ4n) is 2.17. The van der Waals surface area contributed by atoms with Gasteiger partial charge in [0.1, 0.15) is 0 Å². The van der Waals surface area contributed by atoms with Crippen LogP contribution in [-0.4, -0.2) is 17.0 Å². The van der Waals surface area contributed by atoms with Crippen LogP contribution in [0.25, 0.3) is 0 Å². The molecule has 0 aliphatic heterocycles. The normalized spacial score (nSPS) is 12.0. The lowest BCUT2D eigenvalue weighted by Gasteiger charge is -1.97. The number of hydrogen-bond donors (Lipinski definition) is 2. The van der Waals surface area contributed by atoms with Crippen molar-refractivity contribution in [2.75, 3.05) is 0 Å². The minimum absolute atomic E-state index is 0. The van der Waals surface area contributed by atoms with Crippen molar-refractivity contribution in [3.8, 4) is 0 Å². The van der Waals surface area contributed by atoms with Gasteiger partial charge >= 0.3 is 5.97 Å². The molecule has 0 rings (SSSR count). The maximum atomic E-state index is 10.5. The summed E-state index contributed by atoms with van der Waals surface area (Å²) in [5.41, 5.74) is 5.07. The number of primary amides is 1. The molecule has 30 heavy (non-hydrogen) atoms. The van der Waals surface area contributed by atoms with Crippen molar-refractivity contribution in [2.24, 2.45) is 11.7 Å². The number of rotatable bonds is 16. The molecule has 0 spiro atoms. The van der Waals surface area contributed by atoms with Crippen molar-refractivity contribution in [1.29, 1.82) is 0 Å². The third kappa shape index (κ3) is 33.2. The molecule has 0 aliphatic rings. The predicted molar refractivity (Wildman–Crippen MR) is 131 cm³/mol. The molecule has 0 aromatic rings. The van der Waals surface area contributed by atoms with Crippen molar-refractivity contribution < 1.29 is 16.1 Å². The van der Waals surface area contributed by atoms with Gasteiger partial charge in [0, 0.05) is 14.3 Å². The lowest BCUT2D eigenvalue weighted by Crippen LogP contribution is -2.09. The largest absolute Gasteiger partial charge is 0.481 e. The lowest BCUT2D eigenvalue weighted by molar-refractivity contribution is -0.137. The highest BCUT2D eigenvalue weighted by Gasteiger charge is 1.98. The van der Waals surface area contributed by atoms with Gasteiger partial charge in [-0.25, -0.2) is 0 Å². The molecule has 3 N–H and O–H groups in total. The van der Waals surface area contributed by atoms with E-state index in [9.17, 15) is 9.59 Å². The molecule has 0 saturated carbocycles. The van der Waals surface area contributed by atoms with Gasteiger partial charge in [0.25, 0.3) is 0 Å². The van der Waals surface area contributed by atoms with Crippen LogP contribution >= 0.6 is 0 Å². The minimum Gasteiger partial charge on any atom is -0.481 e. The number of amides is 1. The van der Waals surface area contributed by atoms with E-state index >= 15 is 0 Å². The van der Waals surface area contributed by atoms with Crippen LogP contribution in [0.4, 0.5) is 0 Å². The van der Waals surface area contributed by atoms with E-state index in [1.54, 1.807) is 0 Å². The fraction of sp³-hybridized carbons (Fsp3) is 0.538. The molecule has 0 unspecified atom stereocenters. The summed E-state index contributed by atoms with van der Waals surface area (Å²) in [6.07, 6.45) is 30.2. The van der Waals surface area contributed by atoms with E-state index in [4.69, 9.17) is 10.8 Å². The van der Waals surface area contributed by atoms with Gasteiger partial charge in [-0.15, -0.1) is 0 Å². The first-order valence-electron chi connectivity index (χ1n) is 11.1. The Labute approximate surface area is 185 Å². The highest BCUT2D eigenvalue weighted by Crippen LogP contribution is 2.02. The SMILES string of the molecule is CC(C)CCC(=O)O.CC/C=C\C/C=C\C/C=C\C/C=C\C/C=C\CCCC(N)=O.[HH]. The lowest BCUT2D eigenvalue weighted by atomic mass is 10.1. The van der Waals surface area contributed by atoms with Crippen LogP contribution in [0.1, 0.15) is 86.4 Å². The number of nitrogens with two attached hydrogens (primary N) is 1. The fourth-order valence-corrected chi connectivity index (χ4v) is 2.17. The number of hydrogen-bond acceptors (Lipinski definition) is 2. The third-order valence-electron chi connectivity index (χ3n) is 3.89. The van der Waals surface area contributed by atoms with E-state index < -0.39 is 5.97 Å². The van der Waals surface area contributed by atoms with E-state index in [0.29, 0.717) is 18.8 Å². The molecule has 1 amide bonds. The molecule has 0 radical (unpaired) electrons. The number of carboxylic acid groups (broad SMARTS) is 1. The van der Waals surface area contributed by atoms with Gasteiger partial charge < -0.3 is 10.8 Å².